The number of nitrogens with zero attached hydrogens (tertiary/aromatic N) is 2. The Morgan fingerprint density at radius 1 is 1.29 bits per heavy atom. The van der Waals surface area contributed by atoms with Crippen molar-refractivity contribution in [2.24, 2.45) is 0 Å². The lowest BCUT2D eigenvalue weighted by Crippen LogP contribution is -2.49. The highest BCUT2D eigenvalue weighted by atomic mass is 19.4. The molecule has 134 valence electrons. The number of amides is 1. The van der Waals surface area contributed by atoms with Gasteiger partial charge in [-0.05, 0) is 31.4 Å². The lowest BCUT2D eigenvalue weighted by molar-refractivity contribution is -0.150. The second-order valence-corrected chi connectivity index (χ2v) is 6.45. The third-order valence-corrected chi connectivity index (χ3v) is 4.60. The van der Waals surface area contributed by atoms with E-state index in [0.29, 0.717) is 0 Å². The number of hydrogen-bond acceptors (Lipinski definition) is 2. The number of hydrogen-bond donors (Lipinski definition) is 0. The average molecular weight is 342 g/mol. The van der Waals surface area contributed by atoms with Gasteiger partial charge >= 0.3 is 6.18 Å². The fourth-order valence-electron chi connectivity index (χ4n) is 3.11. The second-order valence-electron chi connectivity index (χ2n) is 6.45. The lowest BCUT2D eigenvalue weighted by Gasteiger charge is -2.37. The first-order chi connectivity index (χ1) is 11.3. The van der Waals surface area contributed by atoms with E-state index in [1.807, 2.05) is 18.2 Å². The molecule has 0 aliphatic carbocycles. The summed E-state index contributed by atoms with van der Waals surface area (Å²) < 4.78 is 36.8. The molecule has 0 aromatic heterocycles. The average Bonchev–Trinajstić information content (AvgIpc) is 2.57. The summed E-state index contributed by atoms with van der Waals surface area (Å²) in [6, 6.07) is 10.2. The number of halogens is 3. The van der Waals surface area contributed by atoms with Crippen LogP contribution in [0.1, 0.15) is 31.2 Å². The van der Waals surface area contributed by atoms with Crippen molar-refractivity contribution in [3.05, 3.63) is 35.9 Å². The summed E-state index contributed by atoms with van der Waals surface area (Å²) in [5.74, 6) is -0.415. The molecule has 6 heteroatoms. The molecule has 1 heterocycles. The number of benzene rings is 1. The Morgan fingerprint density at radius 2 is 2.00 bits per heavy atom. The van der Waals surface area contributed by atoms with Crippen molar-refractivity contribution in [1.82, 2.24) is 9.80 Å². The molecule has 1 amide bonds. The first kappa shape index (κ1) is 18.8. The summed E-state index contributed by atoms with van der Waals surface area (Å²) >= 11 is 0. The van der Waals surface area contributed by atoms with E-state index in [-0.39, 0.29) is 6.04 Å². The number of likely N-dealkylation sites (N-methyl/N-ethyl adjacent to an activating group) is 1. The van der Waals surface area contributed by atoms with Gasteiger partial charge in [0, 0.05) is 32.6 Å². The van der Waals surface area contributed by atoms with E-state index < -0.39 is 24.9 Å². The molecule has 2 rings (SSSR count). The molecule has 24 heavy (non-hydrogen) atoms. The zero-order chi connectivity index (χ0) is 17.6. The lowest BCUT2D eigenvalue weighted by atomic mass is 10.0. The molecule has 0 saturated carbocycles. The number of carbonyl (C=O) groups excluding carboxylic acids is 1. The van der Waals surface area contributed by atoms with Gasteiger partial charge in [0.2, 0.25) is 5.91 Å². The normalized spacial score (nSPS) is 19.2. The van der Waals surface area contributed by atoms with Gasteiger partial charge < -0.3 is 9.80 Å². The Balaban J connectivity index is 1.80. The van der Waals surface area contributed by atoms with Gasteiger partial charge in [-0.25, -0.2) is 0 Å². The zero-order valence-corrected chi connectivity index (χ0v) is 14.1. The van der Waals surface area contributed by atoms with Crippen molar-refractivity contribution in [2.45, 2.75) is 44.3 Å². The molecule has 1 unspecified atom stereocenters. The highest BCUT2D eigenvalue weighted by Gasteiger charge is 2.31. The summed E-state index contributed by atoms with van der Waals surface area (Å²) in [4.78, 5) is 15.8. The predicted molar refractivity (Wildman–Crippen MR) is 87.7 cm³/mol. The van der Waals surface area contributed by atoms with Crippen molar-refractivity contribution in [3.8, 4) is 0 Å². The maximum atomic E-state index is 12.3. The molecule has 0 spiro atoms. The summed E-state index contributed by atoms with van der Waals surface area (Å²) in [6.45, 7) is 2.63. The highest BCUT2D eigenvalue weighted by Crippen LogP contribution is 2.23. The molecule has 1 aliphatic rings. The van der Waals surface area contributed by atoms with Gasteiger partial charge in [0.05, 0.1) is 6.42 Å². The number of likely N-dealkylation sites (tertiary alicyclic amines) is 1. The van der Waals surface area contributed by atoms with Crippen LogP contribution in [0.4, 0.5) is 13.2 Å². The van der Waals surface area contributed by atoms with Gasteiger partial charge in [-0.2, -0.15) is 13.2 Å². The maximum Gasteiger partial charge on any atom is 0.389 e. The van der Waals surface area contributed by atoms with Crippen LogP contribution in [0.25, 0.3) is 0 Å². The minimum Gasteiger partial charge on any atom is -0.341 e. The zero-order valence-electron chi connectivity index (χ0n) is 14.1. The number of rotatable bonds is 6. The molecule has 0 N–H and O–H groups in total. The molecule has 1 saturated heterocycles. The van der Waals surface area contributed by atoms with Crippen molar-refractivity contribution in [3.63, 3.8) is 0 Å². The van der Waals surface area contributed by atoms with E-state index in [1.54, 1.807) is 7.05 Å². The smallest absolute Gasteiger partial charge is 0.341 e. The quantitative estimate of drug-likeness (QED) is 0.790. The second kappa shape index (κ2) is 8.51. The molecule has 0 bridgehead atoms. The highest BCUT2D eigenvalue weighted by molar-refractivity contribution is 5.76. The van der Waals surface area contributed by atoms with Gasteiger partial charge in [0.1, 0.15) is 0 Å². The Morgan fingerprint density at radius 3 is 2.67 bits per heavy atom. The Kier molecular flexibility index (Phi) is 6.66. The van der Waals surface area contributed by atoms with Crippen LogP contribution < -0.4 is 0 Å². The minimum absolute atomic E-state index is 0.00950. The molecule has 3 nitrogen and oxygen atoms in total. The summed E-state index contributed by atoms with van der Waals surface area (Å²) in [5, 5.41) is 0. The van der Waals surface area contributed by atoms with Gasteiger partial charge in [-0.3, -0.25) is 4.79 Å². The Labute approximate surface area is 141 Å². The third-order valence-electron chi connectivity index (χ3n) is 4.60. The number of piperidine rings is 1. The van der Waals surface area contributed by atoms with Crippen LogP contribution in [0.15, 0.2) is 30.3 Å². The monoisotopic (exact) mass is 342 g/mol. The standard InChI is InChI=1S/C18H25F3N2O/c1-22(17(24)9-11-18(19,20)21)16-8-5-12-23(14-16)13-10-15-6-3-2-4-7-15/h2-4,6-7,16H,5,8-14H2,1H3. The fourth-order valence-corrected chi connectivity index (χ4v) is 3.11. The number of alkyl halides is 3. The van der Waals surface area contributed by atoms with Crippen LogP contribution in [0.3, 0.4) is 0 Å². The van der Waals surface area contributed by atoms with Gasteiger partial charge in [0.25, 0.3) is 0 Å². The molecule has 1 aromatic rings. The predicted octanol–water partition coefficient (Wildman–Crippen LogP) is 3.49. The number of carbonyl (C=O) groups is 1. The molecule has 0 radical (unpaired) electrons. The van der Waals surface area contributed by atoms with Crippen LogP contribution in [0.5, 0.6) is 0 Å². The van der Waals surface area contributed by atoms with Crippen LogP contribution in [-0.2, 0) is 11.2 Å². The first-order valence-electron chi connectivity index (χ1n) is 8.44. The molecular weight excluding hydrogens is 317 g/mol. The Hall–Kier alpha value is -1.56. The van der Waals surface area contributed by atoms with Crippen molar-refractivity contribution in [1.29, 1.82) is 0 Å². The first-order valence-corrected chi connectivity index (χ1v) is 8.44. The van der Waals surface area contributed by atoms with Crippen molar-refractivity contribution < 1.29 is 18.0 Å². The van der Waals surface area contributed by atoms with Crippen LogP contribution in [-0.4, -0.2) is 54.6 Å². The maximum absolute atomic E-state index is 12.3. The minimum atomic E-state index is -4.27. The van der Waals surface area contributed by atoms with E-state index >= 15 is 0 Å². The van der Waals surface area contributed by atoms with Gasteiger partial charge in [-0.1, -0.05) is 30.3 Å². The molecular formula is C18H25F3N2O. The summed E-state index contributed by atoms with van der Waals surface area (Å²) in [6.07, 6.45) is -3.00. The molecule has 1 aromatic carbocycles. The van der Waals surface area contributed by atoms with Gasteiger partial charge in [-0.15, -0.1) is 0 Å². The SMILES string of the molecule is CN(C(=O)CCC(F)(F)F)C1CCCN(CCc2ccccc2)C1. The third kappa shape index (κ3) is 6.15. The van der Waals surface area contributed by atoms with Crippen LogP contribution >= 0.6 is 0 Å². The van der Waals surface area contributed by atoms with E-state index in [4.69, 9.17) is 0 Å². The fraction of sp³-hybridized carbons (Fsp3) is 0.611. The molecule has 1 fully saturated rings. The Bertz CT molecular complexity index is 519. The van der Waals surface area contributed by atoms with Crippen molar-refractivity contribution in [2.75, 3.05) is 26.7 Å². The van der Waals surface area contributed by atoms with E-state index in [0.717, 1.165) is 38.9 Å². The molecule has 1 atom stereocenters. The van der Waals surface area contributed by atoms with E-state index in [2.05, 4.69) is 17.0 Å². The topological polar surface area (TPSA) is 23.6 Å². The summed E-state index contributed by atoms with van der Waals surface area (Å²) in [7, 11) is 1.63. The molecule has 1 aliphatic heterocycles. The van der Waals surface area contributed by atoms with Crippen molar-refractivity contribution >= 4 is 5.91 Å². The van der Waals surface area contributed by atoms with Crippen LogP contribution in [0, 0.1) is 0 Å². The van der Waals surface area contributed by atoms with Crippen LogP contribution in [0.2, 0.25) is 0 Å². The van der Waals surface area contributed by atoms with E-state index in [1.165, 1.54) is 10.5 Å². The van der Waals surface area contributed by atoms with Gasteiger partial charge in [0.15, 0.2) is 0 Å². The van der Waals surface area contributed by atoms with E-state index in [9.17, 15) is 18.0 Å². The summed E-state index contributed by atoms with van der Waals surface area (Å²) in [5.41, 5.74) is 1.27. The largest absolute Gasteiger partial charge is 0.389 e.